The van der Waals surface area contributed by atoms with Gasteiger partial charge in [0, 0.05) is 19.7 Å². The molecule has 1 atom stereocenters. The number of rotatable bonds is 4. The van der Waals surface area contributed by atoms with Crippen molar-refractivity contribution < 1.29 is 19.7 Å². The van der Waals surface area contributed by atoms with Crippen LogP contribution in [0.25, 0.3) is 0 Å². The van der Waals surface area contributed by atoms with Crippen LogP contribution in [0.5, 0.6) is 0 Å². The lowest BCUT2D eigenvalue weighted by molar-refractivity contribution is -0.0149. The number of aliphatic hydroxyl groups excluding tert-OH is 1. The van der Waals surface area contributed by atoms with E-state index >= 15 is 0 Å². The van der Waals surface area contributed by atoms with Gasteiger partial charge in [0.1, 0.15) is 0 Å². The topological polar surface area (TPSA) is 70.0 Å². The molecule has 0 saturated carbocycles. The van der Waals surface area contributed by atoms with Crippen LogP contribution in [0, 0.1) is 0 Å². The van der Waals surface area contributed by atoms with Gasteiger partial charge in [-0.1, -0.05) is 0 Å². The van der Waals surface area contributed by atoms with E-state index in [-0.39, 0.29) is 12.8 Å². The van der Waals surface area contributed by atoms with Crippen LogP contribution < -0.4 is 0 Å². The predicted octanol–water partition coefficient (Wildman–Crippen LogP) is 0.485. The zero-order chi connectivity index (χ0) is 9.68. The van der Waals surface area contributed by atoms with Gasteiger partial charge in [0.15, 0.2) is 6.23 Å². The van der Waals surface area contributed by atoms with Gasteiger partial charge in [0.2, 0.25) is 0 Å². The van der Waals surface area contributed by atoms with E-state index in [9.17, 15) is 4.79 Å². The van der Waals surface area contributed by atoms with Crippen molar-refractivity contribution in [2.75, 3.05) is 19.7 Å². The van der Waals surface area contributed by atoms with Crippen LogP contribution in [0.1, 0.15) is 19.3 Å². The fourth-order valence-corrected chi connectivity index (χ4v) is 1.57. The van der Waals surface area contributed by atoms with E-state index in [1.54, 1.807) is 0 Å². The van der Waals surface area contributed by atoms with E-state index in [1.807, 2.05) is 4.90 Å². The Kier molecular flexibility index (Phi) is 3.98. The number of nitrogens with zero attached hydrogens (tertiary/aromatic N) is 1. The van der Waals surface area contributed by atoms with Crippen molar-refractivity contribution in [2.45, 2.75) is 25.5 Å². The third-order valence-corrected chi connectivity index (χ3v) is 2.14. The van der Waals surface area contributed by atoms with E-state index < -0.39 is 6.16 Å². The summed E-state index contributed by atoms with van der Waals surface area (Å²) in [5.41, 5.74) is 0. The molecule has 0 aliphatic carbocycles. The van der Waals surface area contributed by atoms with Crippen molar-refractivity contribution in [2.24, 2.45) is 0 Å². The molecule has 2 N–H and O–H groups in total. The predicted molar refractivity (Wildman–Crippen MR) is 45.4 cm³/mol. The molecule has 1 fully saturated rings. The maximum absolute atomic E-state index is 10.3. The summed E-state index contributed by atoms with van der Waals surface area (Å²) in [6, 6.07) is 0. The Hall–Kier alpha value is -0.810. The number of carboxylic acid groups (broad SMARTS) is 1. The van der Waals surface area contributed by atoms with E-state index in [2.05, 4.69) is 4.74 Å². The summed E-state index contributed by atoms with van der Waals surface area (Å²) in [6.07, 6.45) is 0.866. The molecule has 1 heterocycles. The highest BCUT2D eigenvalue weighted by atomic mass is 16.7. The summed E-state index contributed by atoms with van der Waals surface area (Å²) in [7, 11) is 0. The highest BCUT2D eigenvalue weighted by molar-refractivity contribution is 5.57. The van der Waals surface area contributed by atoms with Crippen molar-refractivity contribution in [1.82, 2.24) is 4.90 Å². The molecule has 5 heteroatoms. The number of likely N-dealkylation sites (tertiary alicyclic amines) is 1. The van der Waals surface area contributed by atoms with Crippen LogP contribution in [0.2, 0.25) is 0 Å². The van der Waals surface area contributed by atoms with E-state index in [4.69, 9.17) is 10.2 Å². The van der Waals surface area contributed by atoms with Gasteiger partial charge in [0.25, 0.3) is 0 Å². The molecule has 5 nitrogen and oxygen atoms in total. The highest BCUT2D eigenvalue weighted by Crippen LogP contribution is 2.18. The minimum absolute atomic E-state index is 0.135. The van der Waals surface area contributed by atoms with Gasteiger partial charge in [0.05, 0.1) is 0 Å². The Morgan fingerprint density at radius 1 is 1.62 bits per heavy atom. The number of hydrogen-bond donors (Lipinski definition) is 2. The maximum Gasteiger partial charge on any atom is 0.507 e. The normalized spacial score (nSPS) is 23.3. The summed E-state index contributed by atoms with van der Waals surface area (Å²) in [5, 5.41) is 17.0. The first-order valence-corrected chi connectivity index (χ1v) is 4.48. The highest BCUT2D eigenvalue weighted by Gasteiger charge is 2.26. The van der Waals surface area contributed by atoms with E-state index in [0.717, 1.165) is 19.4 Å². The van der Waals surface area contributed by atoms with E-state index in [0.29, 0.717) is 13.0 Å². The fraction of sp³-hybridized carbons (Fsp3) is 0.875. The minimum atomic E-state index is -1.22. The maximum atomic E-state index is 10.3. The second-order valence-electron chi connectivity index (χ2n) is 3.09. The van der Waals surface area contributed by atoms with Gasteiger partial charge in [-0.2, -0.15) is 0 Å². The first-order chi connectivity index (χ1) is 6.24. The van der Waals surface area contributed by atoms with Gasteiger partial charge in [-0.3, -0.25) is 4.90 Å². The van der Waals surface area contributed by atoms with Gasteiger partial charge in [-0.05, 0) is 19.3 Å². The average Bonchev–Trinajstić information content (AvgIpc) is 2.48. The van der Waals surface area contributed by atoms with Crippen molar-refractivity contribution in [3.63, 3.8) is 0 Å². The lowest BCUT2D eigenvalue weighted by atomic mass is 10.4. The molecule has 0 bridgehead atoms. The summed E-state index contributed by atoms with van der Waals surface area (Å²) in [6.45, 7) is 1.70. The summed E-state index contributed by atoms with van der Waals surface area (Å²) in [5.74, 6) is 0. The summed E-state index contributed by atoms with van der Waals surface area (Å²) in [4.78, 5) is 12.2. The molecule has 1 saturated heterocycles. The number of ether oxygens (including phenoxy) is 1. The molecular weight excluding hydrogens is 174 g/mol. The molecular formula is C8H15NO4. The number of carbonyl (C=O) groups is 1. The number of aliphatic hydroxyl groups is 1. The smallest absolute Gasteiger partial charge is 0.450 e. The molecule has 1 aliphatic rings. The zero-order valence-electron chi connectivity index (χ0n) is 7.48. The van der Waals surface area contributed by atoms with Crippen molar-refractivity contribution in [3.8, 4) is 0 Å². The molecule has 1 rings (SSSR count). The first-order valence-electron chi connectivity index (χ1n) is 4.48. The Morgan fingerprint density at radius 3 is 3.00 bits per heavy atom. The Balaban J connectivity index is 2.30. The van der Waals surface area contributed by atoms with Gasteiger partial charge < -0.3 is 14.9 Å². The summed E-state index contributed by atoms with van der Waals surface area (Å²) >= 11 is 0. The van der Waals surface area contributed by atoms with Crippen molar-refractivity contribution in [1.29, 1.82) is 0 Å². The lowest BCUT2D eigenvalue weighted by Crippen LogP contribution is -2.34. The van der Waals surface area contributed by atoms with Crippen LogP contribution in [0.15, 0.2) is 0 Å². The Bertz CT molecular complexity index is 174. The Morgan fingerprint density at radius 2 is 2.38 bits per heavy atom. The lowest BCUT2D eigenvalue weighted by Gasteiger charge is -2.22. The number of hydrogen-bond acceptors (Lipinski definition) is 4. The van der Waals surface area contributed by atoms with Crippen molar-refractivity contribution in [3.05, 3.63) is 0 Å². The molecule has 0 amide bonds. The van der Waals surface area contributed by atoms with Crippen LogP contribution in [0.4, 0.5) is 4.79 Å². The van der Waals surface area contributed by atoms with Gasteiger partial charge >= 0.3 is 6.16 Å². The first kappa shape index (κ1) is 10.3. The average molecular weight is 189 g/mol. The summed E-state index contributed by atoms with van der Waals surface area (Å²) < 4.78 is 4.68. The Labute approximate surface area is 76.9 Å². The molecule has 0 aromatic heterocycles. The third-order valence-electron chi connectivity index (χ3n) is 2.14. The van der Waals surface area contributed by atoms with Crippen LogP contribution in [-0.2, 0) is 4.74 Å². The molecule has 0 radical (unpaired) electrons. The standard InChI is InChI=1S/C8H15NO4/c10-6-2-5-9-4-1-3-7(9)13-8(11)12/h7,10H,1-6H2,(H,11,12). The monoisotopic (exact) mass is 189 g/mol. The SMILES string of the molecule is O=C(O)OC1CCCN1CCCO. The van der Waals surface area contributed by atoms with Crippen LogP contribution in [-0.4, -0.2) is 47.2 Å². The molecule has 13 heavy (non-hydrogen) atoms. The van der Waals surface area contributed by atoms with Crippen LogP contribution >= 0.6 is 0 Å². The largest absolute Gasteiger partial charge is 0.507 e. The molecule has 0 spiro atoms. The van der Waals surface area contributed by atoms with Crippen LogP contribution in [0.3, 0.4) is 0 Å². The molecule has 1 aliphatic heterocycles. The quantitative estimate of drug-likeness (QED) is 0.630. The van der Waals surface area contributed by atoms with Gasteiger partial charge in [-0.15, -0.1) is 0 Å². The van der Waals surface area contributed by atoms with Gasteiger partial charge in [-0.25, -0.2) is 4.79 Å². The second kappa shape index (κ2) is 5.04. The molecule has 0 aromatic rings. The zero-order valence-corrected chi connectivity index (χ0v) is 7.48. The third kappa shape index (κ3) is 3.20. The molecule has 76 valence electrons. The molecule has 0 aromatic carbocycles. The second-order valence-corrected chi connectivity index (χ2v) is 3.09. The minimum Gasteiger partial charge on any atom is -0.450 e. The van der Waals surface area contributed by atoms with E-state index in [1.165, 1.54) is 0 Å². The van der Waals surface area contributed by atoms with Crippen molar-refractivity contribution >= 4 is 6.16 Å². The fourth-order valence-electron chi connectivity index (χ4n) is 1.57. The molecule has 1 unspecified atom stereocenters.